The third kappa shape index (κ3) is 3.85. The number of benzene rings is 1. The Bertz CT molecular complexity index is 718. The second-order valence-electron chi connectivity index (χ2n) is 3.98. The topological polar surface area (TPSA) is 62.1 Å². The number of rotatable bonds is 4. The summed E-state index contributed by atoms with van der Waals surface area (Å²) in [4.78, 5) is 13.0. The largest absolute Gasteiger partial charge is 0.495 e. The monoisotopic (exact) mass is 318 g/mol. The first-order chi connectivity index (χ1) is 10.1. The quantitative estimate of drug-likeness (QED) is 0.685. The molecular formula is C15H11ClN2O2S. The third-order valence-corrected chi connectivity index (χ3v) is 3.66. The average molecular weight is 319 g/mol. The van der Waals surface area contributed by atoms with Crippen molar-refractivity contribution in [2.24, 2.45) is 0 Å². The zero-order valence-electron chi connectivity index (χ0n) is 11.1. The minimum Gasteiger partial charge on any atom is -0.495 e. The number of methoxy groups -OCH3 is 1. The maximum absolute atomic E-state index is 12.2. The molecule has 0 unspecified atom stereocenters. The number of hydrogen-bond acceptors (Lipinski definition) is 4. The fourth-order valence-electron chi connectivity index (χ4n) is 1.63. The normalized spacial score (nSPS) is 10.8. The van der Waals surface area contributed by atoms with E-state index >= 15 is 0 Å². The highest BCUT2D eigenvalue weighted by atomic mass is 35.5. The molecule has 0 saturated carbocycles. The fourth-order valence-corrected chi connectivity index (χ4v) is 2.46. The van der Waals surface area contributed by atoms with Gasteiger partial charge in [-0.25, -0.2) is 0 Å². The minimum atomic E-state index is -0.508. The molecule has 2 aromatic rings. The first kappa shape index (κ1) is 15.1. The number of carbonyl (C=O) groups excluding carboxylic acids is 1. The van der Waals surface area contributed by atoms with Gasteiger partial charge in [0.1, 0.15) is 17.4 Å². The van der Waals surface area contributed by atoms with Gasteiger partial charge in [0.25, 0.3) is 5.91 Å². The van der Waals surface area contributed by atoms with Gasteiger partial charge >= 0.3 is 0 Å². The van der Waals surface area contributed by atoms with Crippen molar-refractivity contribution >= 4 is 40.6 Å². The van der Waals surface area contributed by atoms with Gasteiger partial charge in [0.2, 0.25) is 0 Å². The fraction of sp³-hybridized carbons (Fsp3) is 0.0667. The number of ether oxygens (including phenoxy) is 1. The molecule has 0 radical (unpaired) electrons. The molecule has 1 aromatic carbocycles. The van der Waals surface area contributed by atoms with Gasteiger partial charge in [-0.3, -0.25) is 4.79 Å². The van der Waals surface area contributed by atoms with Gasteiger partial charge in [0.05, 0.1) is 12.8 Å². The van der Waals surface area contributed by atoms with E-state index in [2.05, 4.69) is 5.32 Å². The second-order valence-corrected chi connectivity index (χ2v) is 5.40. The number of halogens is 1. The predicted octanol–water partition coefficient (Wildman–Crippen LogP) is 3.96. The summed E-state index contributed by atoms with van der Waals surface area (Å²) in [5, 5.41) is 14.1. The number of hydrogen-bond donors (Lipinski definition) is 1. The Morgan fingerprint density at radius 3 is 2.90 bits per heavy atom. The highest BCUT2D eigenvalue weighted by molar-refractivity contribution is 7.10. The molecule has 106 valence electrons. The first-order valence-corrected chi connectivity index (χ1v) is 7.20. The molecule has 4 nitrogen and oxygen atoms in total. The molecule has 0 bridgehead atoms. The van der Waals surface area contributed by atoms with Gasteiger partial charge in [-0.1, -0.05) is 17.7 Å². The van der Waals surface area contributed by atoms with Gasteiger partial charge in [-0.15, -0.1) is 11.3 Å². The summed E-state index contributed by atoms with van der Waals surface area (Å²) in [6.45, 7) is 0. The summed E-state index contributed by atoms with van der Waals surface area (Å²) in [7, 11) is 1.49. The second kappa shape index (κ2) is 6.93. The molecule has 1 N–H and O–H groups in total. The van der Waals surface area contributed by atoms with E-state index in [0.717, 1.165) is 4.88 Å². The lowest BCUT2D eigenvalue weighted by molar-refractivity contribution is -0.112. The summed E-state index contributed by atoms with van der Waals surface area (Å²) in [6.07, 6.45) is 1.54. The van der Waals surface area contributed by atoms with E-state index in [4.69, 9.17) is 21.6 Å². The van der Waals surface area contributed by atoms with Gasteiger partial charge < -0.3 is 10.1 Å². The van der Waals surface area contributed by atoms with Crippen LogP contribution in [0, 0.1) is 11.3 Å². The van der Waals surface area contributed by atoms with Crippen molar-refractivity contribution in [2.75, 3.05) is 12.4 Å². The highest BCUT2D eigenvalue weighted by Crippen LogP contribution is 2.28. The Hall–Kier alpha value is -2.29. The van der Waals surface area contributed by atoms with Crippen LogP contribution in [-0.4, -0.2) is 13.0 Å². The van der Waals surface area contributed by atoms with Crippen molar-refractivity contribution in [1.29, 1.82) is 5.26 Å². The SMILES string of the molecule is COc1ccc(Cl)cc1NC(=O)C(C#N)=Cc1cccs1. The Morgan fingerprint density at radius 2 is 2.29 bits per heavy atom. The van der Waals surface area contributed by atoms with Gasteiger partial charge in [-0.05, 0) is 35.7 Å². The van der Waals surface area contributed by atoms with Crippen LogP contribution in [0.1, 0.15) is 4.88 Å². The van der Waals surface area contributed by atoms with Gasteiger partial charge in [-0.2, -0.15) is 5.26 Å². The maximum atomic E-state index is 12.2. The molecule has 2 rings (SSSR count). The number of carbonyl (C=O) groups is 1. The van der Waals surface area contributed by atoms with E-state index in [1.807, 2.05) is 23.6 Å². The van der Waals surface area contributed by atoms with Crippen molar-refractivity contribution in [3.8, 4) is 11.8 Å². The molecule has 0 aliphatic rings. The molecule has 0 spiro atoms. The van der Waals surface area contributed by atoms with Crippen molar-refractivity contribution in [2.45, 2.75) is 0 Å². The molecule has 6 heteroatoms. The summed E-state index contributed by atoms with van der Waals surface area (Å²) < 4.78 is 5.15. The zero-order chi connectivity index (χ0) is 15.2. The molecular weight excluding hydrogens is 308 g/mol. The minimum absolute atomic E-state index is 0.0134. The van der Waals surface area contributed by atoms with Crippen LogP contribution in [0.5, 0.6) is 5.75 Å². The van der Waals surface area contributed by atoms with Gasteiger partial charge in [0.15, 0.2) is 0 Å². The summed E-state index contributed by atoms with van der Waals surface area (Å²) in [5.74, 6) is -0.0346. The molecule has 0 aliphatic carbocycles. The lowest BCUT2D eigenvalue weighted by Gasteiger charge is -2.09. The number of nitrogens with one attached hydrogen (secondary N) is 1. The molecule has 0 saturated heterocycles. The molecule has 1 amide bonds. The first-order valence-electron chi connectivity index (χ1n) is 5.94. The molecule has 0 aliphatic heterocycles. The number of nitrogens with zero attached hydrogens (tertiary/aromatic N) is 1. The average Bonchev–Trinajstić information content (AvgIpc) is 2.98. The Morgan fingerprint density at radius 1 is 1.48 bits per heavy atom. The number of nitriles is 1. The van der Waals surface area contributed by atoms with Crippen molar-refractivity contribution in [3.05, 3.63) is 51.2 Å². The smallest absolute Gasteiger partial charge is 0.266 e. The van der Waals surface area contributed by atoms with Crippen molar-refractivity contribution in [1.82, 2.24) is 0 Å². The van der Waals surface area contributed by atoms with E-state index < -0.39 is 5.91 Å². The van der Waals surface area contributed by atoms with Crippen LogP contribution in [0.25, 0.3) is 6.08 Å². The van der Waals surface area contributed by atoms with Crippen LogP contribution >= 0.6 is 22.9 Å². The molecule has 1 aromatic heterocycles. The lowest BCUT2D eigenvalue weighted by atomic mass is 10.2. The van der Waals surface area contributed by atoms with Gasteiger partial charge in [0, 0.05) is 9.90 Å². The third-order valence-electron chi connectivity index (χ3n) is 2.60. The van der Waals surface area contributed by atoms with Crippen LogP contribution in [0.3, 0.4) is 0 Å². The number of thiophene rings is 1. The standard InChI is InChI=1S/C15H11ClN2O2S/c1-20-14-5-4-11(16)8-13(14)18-15(19)10(9-17)7-12-3-2-6-21-12/h2-8H,1H3,(H,18,19). The Kier molecular flexibility index (Phi) is 4.99. The van der Waals surface area contributed by atoms with E-state index in [1.54, 1.807) is 18.2 Å². The van der Waals surface area contributed by atoms with Crippen LogP contribution in [0.15, 0.2) is 41.3 Å². The predicted molar refractivity (Wildman–Crippen MR) is 84.5 cm³/mol. The van der Waals surface area contributed by atoms with Crippen molar-refractivity contribution < 1.29 is 9.53 Å². The number of amides is 1. The van der Waals surface area contributed by atoms with Crippen LogP contribution in [-0.2, 0) is 4.79 Å². The molecule has 1 heterocycles. The van der Waals surface area contributed by atoms with E-state index in [0.29, 0.717) is 16.5 Å². The van der Waals surface area contributed by atoms with E-state index in [1.165, 1.54) is 24.5 Å². The summed E-state index contributed by atoms with van der Waals surface area (Å²) in [5.41, 5.74) is 0.432. The molecule has 0 atom stereocenters. The molecule has 21 heavy (non-hydrogen) atoms. The Labute approximate surface area is 131 Å². The number of anilines is 1. The van der Waals surface area contributed by atoms with Crippen LogP contribution in [0.2, 0.25) is 5.02 Å². The summed E-state index contributed by atoms with van der Waals surface area (Å²) in [6, 6.07) is 10.4. The van der Waals surface area contributed by atoms with Crippen LogP contribution < -0.4 is 10.1 Å². The van der Waals surface area contributed by atoms with E-state index in [9.17, 15) is 4.79 Å². The highest BCUT2D eigenvalue weighted by Gasteiger charge is 2.13. The van der Waals surface area contributed by atoms with Crippen molar-refractivity contribution in [3.63, 3.8) is 0 Å². The van der Waals surface area contributed by atoms with Crippen LogP contribution in [0.4, 0.5) is 5.69 Å². The van der Waals surface area contributed by atoms with E-state index in [-0.39, 0.29) is 5.57 Å². The maximum Gasteiger partial charge on any atom is 0.266 e. The Balaban J connectivity index is 2.25. The lowest BCUT2D eigenvalue weighted by Crippen LogP contribution is -2.14. The zero-order valence-corrected chi connectivity index (χ0v) is 12.7. The summed E-state index contributed by atoms with van der Waals surface area (Å²) >= 11 is 7.35. The molecule has 0 fully saturated rings.